The minimum Gasteiger partial charge on any atom is -0.490 e. The zero-order chi connectivity index (χ0) is 11.0. The summed E-state index contributed by atoms with van der Waals surface area (Å²) in [5.74, 6) is 0.733. The van der Waals surface area contributed by atoms with E-state index in [1.807, 2.05) is 18.2 Å². The van der Waals surface area contributed by atoms with Crippen LogP contribution < -0.4 is 4.74 Å². The Hall–Kier alpha value is -1.81. The highest BCUT2D eigenvalue weighted by Gasteiger charge is 2.23. The second-order valence-electron chi connectivity index (χ2n) is 3.81. The number of ether oxygens (including phenoxy) is 2. The van der Waals surface area contributed by atoms with Crippen molar-refractivity contribution < 1.29 is 14.3 Å². The molecule has 1 fully saturated rings. The van der Waals surface area contributed by atoms with Crippen molar-refractivity contribution in [2.24, 2.45) is 0 Å². The highest BCUT2D eigenvalue weighted by Crippen LogP contribution is 2.28. The van der Waals surface area contributed by atoms with Crippen LogP contribution in [-0.2, 0) is 4.74 Å². The Morgan fingerprint density at radius 1 is 1.56 bits per heavy atom. The standard InChI is InChI=1S/C12H11NO3/c14-5-8-4-13-10-2-1-3-11(12(8)10)16-7-9-6-15-9/h1-5,9,13H,6-7H2. The van der Waals surface area contributed by atoms with Crippen molar-refractivity contribution in [2.75, 3.05) is 13.2 Å². The van der Waals surface area contributed by atoms with Gasteiger partial charge in [0.25, 0.3) is 0 Å². The van der Waals surface area contributed by atoms with E-state index in [0.717, 1.165) is 29.5 Å². The molecule has 1 unspecified atom stereocenters. The average Bonchev–Trinajstić information content (AvgIpc) is 3.04. The summed E-state index contributed by atoms with van der Waals surface area (Å²) < 4.78 is 10.7. The minimum absolute atomic E-state index is 0.217. The number of epoxide rings is 1. The Kier molecular flexibility index (Phi) is 2.15. The highest BCUT2D eigenvalue weighted by atomic mass is 16.6. The molecule has 0 aliphatic carbocycles. The van der Waals surface area contributed by atoms with Crippen LogP contribution in [0.3, 0.4) is 0 Å². The average molecular weight is 217 g/mol. The number of aldehydes is 1. The first kappa shape index (κ1) is 9.42. The SMILES string of the molecule is O=Cc1c[nH]c2cccc(OCC3CO3)c12. The molecule has 1 aliphatic heterocycles. The lowest BCUT2D eigenvalue weighted by Crippen LogP contribution is -2.04. The zero-order valence-electron chi connectivity index (χ0n) is 8.60. The van der Waals surface area contributed by atoms with Gasteiger partial charge in [-0.3, -0.25) is 4.79 Å². The molecule has 1 saturated heterocycles. The molecule has 16 heavy (non-hydrogen) atoms. The van der Waals surface area contributed by atoms with Crippen molar-refractivity contribution in [3.8, 4) is 5.75 Å². The highest BCUT2D eigenvalue weighted by molar-refractivity contribution is 6.00. The quantitative estimate of drug-likeness (QED) is 0.627. The molecule has 4 nitrogen and oxygen atoms in total. The summed E-state index contributed by atoms with van der Waals surface area (Å²) in [6.45, 7) is 1.31. The van der Waals surface area contributed by atoms with E-state index in [9.17, 15) is 4.79 Å². The maximum absolute atomic E-state index is 10.9. The normalized spacial score (nSPS) is 18.6. The van der Waals surface area contributed by atoms with E-state index in [1.54, 1.807) is 6.20 Å². The topological polar surface area (TPSA) is 54.6 Å². The minimum atomic E-state index is 0.217. The third-order valence-electron chi connectivity index (χ3n) is 2.65. The molecule has 0 spiro atoms. The lowest BCUT2D eigenvalue weighted by molar-refractivity contribution is 0.112. The molecule has 1 N–H and O–H groups in total. The number of carbonyl (C=O) groups is 1. The first-order chi connectivity index (χ1) is 7.88. The second kappa shape index (κ2) is 3.64. The number of H-pyrrole nitrogens is 1. The molecule has 82 valence electrons. The monoisotopic (exact) mass is 217 g/mol. The summed E-state index contributed by atoms with van der Waals surface area (Å²) >= 11 is 0. The number of aromatic nitrogens is 1. The lowest BCUT2D eigenvalue weighted by atomic mass is 10.1. The molecule has 0 bridgehead atoms. The number of carbonyl (C=O) groups excluding carboxylic acids is 1. The van der Waals surface area contributed by atoms with Gasteiger partial charge in [0, 0.05) is 17.3 Å². The molecule has 0 radical (unpaired) electrons. The Morgan fingerprint density at radius 2 is 2.44 bits per heavy atom. The molecular formula is C12H11NO3. The molecule has 2 aromatic rings. The maximum Gasteiger partial charge on any atom is 0.152 e. The number of rotatable bonds is 4. The fraction of sp³-hybridized carbons (Fsp3) is 0.250. The van der Waals surface area contributed by atoms with E-state index >= 15 is 0 Å². The number of hydrogen-bond donors (Lipinski definition) is 1. The summed E-state index contributed by atoms with van der Waals surface area (Å²) in [6.07, 6.45) is 2.74. The van der Waals surface area contributed by atoms with Crippen molar-refractivity contribution in [1.29, 1.82) is 0 Å². The molecular weight excluding hydrogens is 206 g/mol. The van der Waals surface area contributed by atoms with Crippen LogP contribution in [-0.4, -0.2) is 30.6 Å². The Bertz CT molecular complexity index is 528. The van der Waals surface area contributed by atoms with Gasteiger partial charge in [-0.1, -0.05) is 6.07 Å². The van der Waals surface area contributed by atoms with Crippen molar-refractivity contribution in [3.05, 3.63) is 30.0 Å². The molecule has 4 heteroatoms. The third kappa shape index (κ3) is 1.57. The molecule has 0 amide bonds. The number of nitrogens with one attached hydrogen (secondary N) is 1. The van der Waals surface area contributed by atoms with Crippen LogP contribution >= 0.6 is 0 Å². The fourth-order valence-corrected chi connectivity index (χ4v) is 1.74. The fourth-order valence-electron chi connectivity index (χ4n) is 1.74. The van der Waals surface area contributed by atoms with Gasteiger partial charge < -0.3 is 14.5 Å². The predicted molar refractivity (Wildman–Crippen MR) is 58.9 cm³/mol. The van der Waals surface area contributed by atoms with Crippen LogP contribution in [0.4, 0.5) is 0 Å². The van der Waals surface area contributed by atoms with Crippen molar-refractivity contribution in [3.63, 3.8) is 0 Å². The van der Waals surface area contributed by atoms with Crippen LogP contribution in [0, 0.1) is 0 Å². The number of aromatic amines is 1. The van der Waals surface area contributed by atoms with Gasteiger partial charge in [0.2, 0.25) is 0 Å². The first-order valence-electron chi connectivity index (χ1n) is 5.18. The summed E-state index contributed by atoms with van der Waals surface area (Å²) in [5, 5.41) is 0.846. The van der Waals surface area contributed by atoms with Gasteiger partial charge in [-0.2, -0.15) is 0 Å². The molecule has 0 saturated carbocycles. The molecule has 1 aliphatic rings. The van der Waals surface area contributed by atoms with Crippen LogP contribution in [0.25, 0.3) is 10.9 Å². The van der Waals surface area contributed by atoms with E-state index in [-0.39, 0.29) is 6.10 Å². The number of fused-ring (bicyclic) bond motifs is 1. The molecule has 2 heterocycles. The Morgan fingerprint density at radius 3 is 3.19 bits per heavy atom. The smallest absolute Gasteiger partial charge is 0.152 e. The van der Waals surface area contributed by atoms with Crippen LogP contribution in [0.1, 0.15) is 10.4 Å². The second-order valence-corrected chi connectivity index (χ2v) is 3.81. The predicted octanol–water partition coefficient (Wildman–Crippen LogP) is 1.76. The largest absolute Gasteiger partial charge is 0.490 e. The van der Waals surface area contributed by atoms with Gasteiger partial charge in [0.05, 0.1) is 12.0 Å². The van der Waals surface area contributed by atoms with E-state index in [2.05, 4.69) is 4.98 Å². The molecule has 1 aromatic heterocycles. The molecule has 3 rings (SSSR count). The number of hydrogen-bond acceptors (Lipinski definition) is 3. The van der Waals surface area contributed by atoms with Gasteiger partial charge in [0.1, 0.15) is 18.5 Å². The van der Waals surface area contributed by atoms with Crippen molar-refractivity contribution >= 4 is 17.2 Å². The van der Waals surface area contributed by atoms with Gasteiger partial charge in [-0.15, -0.1) is 0 Å². The van der Waals surface area contributed by atoms with Gasteiger partial charge >= 0.3 is 0 Å². The summed E-state index contributed by atoms with van der Waals surface area (Å²) in [7, 11) is 0. The first-order valence-corrected chi connectivity index (χ1v) is 5.18. The summed E-state index contributed by atoms with van der Waals surface area (Å²) in [5.41, 5.74) is 1.54. The van der Waals surface area contributed by atoms with E-state index < -0.39 is 0 Å². The van der Waals surface area contributed by atoms with Crippen molar-refractivity contribution in [2.45, 2.75) is 6.10 Å². The third-order valence-corrected chi connectivity index (χ3v) is 2.65. The van der Waals surface area contributed by atoms with E-state index in [1.165, 1.54) is 0 Å². The van der Waals surface area contributed by atoms with E-state index in [4.69, 9.17) is 9.47 Å². The number of benzene rings is 1. The van der Waals surface area contributed by atoms with Crippen molar-refractivity contribution in [1.82, 2.24) is 4.98 Å². The lowest BCUT2D eigenvalue weighted by Gasteiger charge is -2.05. The Balaban J connectivity index is 1.99. The molecule has 1 atom stereocenters. The Labute approximate surface area is 92.2 Å². The van der Waals surface area contributed by atoms with Crippen LogP contribution in [0.2, 0.25) is 0 Å². The maximum atomic E-state index is 10.9. The summed E-state index contributed by atoms with van der Waals surface area (Å²) in [6, 6.07) is 5.69. The van der Waals surface area contributed by atoms with Crippen LogP contribution in [0.5, 0.6) is 5.75 Å². The summed E-state index contributed by atoms with van der Waals surface area (Å²) in [4.78, 5) is 13.9. The van der Waals surface area contributed by atoms with Gasteiger partial charge in [-0.25, -0.2) is 0 Å². The molecule has 1 aromatic carbocycles. The van der Waals surface area contributed by atoms with Gasteiger partial charge in [-0.05, 0) is 12.1 Å². The van der Waals surface area contributed by atoms with E-state index in [0.29, 0.717) is 12.2 Å². The zero-order valence-corrected chi connectivity index (χ0v) is 8.60. The van der Waals surface area contributed by atoms with Crippen LogP contribution in [0.15, 0.2) is 24.4 Å². The van der Waals surface area contributed by atoms with Gasteiger partial charge in [0.15, 0.2) is 6.29 Å².